The highest BCUT2D eigenvalue weighted by atomic mass is 14.9. The fourth-order valence-electron chi connectivity index (χ4n) is 0.480. The molecule has 33 valence electrons. The van der Waals surface area contributed by atoms with Crippen LogP contribution >= 0.6 is 0 Å². The van der Waals surface area contributed by atoms with Crippen molar-refractivity contribution in [2.45, 2.75) is 6.92 Å². The van der Waals surface area contributed by atoms with Gasteiger partial charge >= 0.3 is 0 Å². The fourth-order valence-corrected chi connectivity index (χ4v) is 0.480. The van der Waals surface area contributed by atoms with Crippen molar-refractivity contribution < 1.29 is 0 Å². The SMILES string of the molecule is CC1=C[CH]NC1. The van der Waals surface area contributed by atoms with Gasteiger partial charge in [-0.2, -0.15) is 0 Å². The minimum atomic E-state index is 1.04. The lowest BCUT2D eigenvalue weighted by Crippen LogP contribution is -2.02. The quantitative estimate of drug-likeness (QED) is 0.453. The molecule has 0 aromatic heterocycles. The first-order valence-electron chi connectivity index (χ1n) is 2.12. The van der Waals surface area contributed by atoms with Crippen molar-refractivity contribution in [3.63, 3.8) is 0 Å². The zero-order valence-corrected chi connectivity index (χ0v) is 3.86. The van der Waals surface area contributed by atoms with Crippen LogP contribution in [-0.4, -0.2) is 6.54 Å². The van der Waals surface area contributed by atoms with E-state index in [-0.39, 0.29) is 0 Å². The van der Waals surface area contributed by atoms with Crippen LogP contribution in [0.4, 0.5) is 0 Å². The van der Waals surface area contributed by atoms with E-state index in [1.807, 2.05) is 6.54 Å². The molecule has 1 heterocycles. The van der Waals surface area contributed by atoms with Gasteiger partial charge in [0.25, 0.3) is 0 Å². The molecule has 0 aromatic rings. The van der Waals surface area contributed by atoms with Gasteiger partial charge in [0.05, 0.1) is 0 Å². The lowest BCUT2D eigenvalue weighted by atomic mass is 10.3. The summed E-state index contributed by atoms with van der Waals surface area (Å²) in [6, 6.07) is 0. The molecule has 0 amide bonds. The molecule has 0 aliphatic carbocycles. The number of rotatable bonds is 0. The van der Waals surface area contributed by atoms with Gasteiger partial charge in [0.15, 0.2) is 0 Å². The van der Waals surface area contributed by atoms with E-state index in [1.54, 1.807) is 0 Å². The summed E-state index contributed by atoms with van der Waals surface area (Å²) >= 11 is 0. The molecule has 1 heteroatoms. The van der Waals surface area contributed by atoms with Crippen LogP contribution in [0.2, 0.25) is 0 Å². The van der Waals surface area contributed by atoms with E-state index < -0.39 is 0 Å². The predicted molar refractivity (Wildman–Crippen MR) is 26.1 cm³/mol. The van der Waals surface area contributed by atoms with Crippen LogP contribution < -0.4 is 5.32 Å². The van der Waals surface area contributed by atoms with Crippen LogP contribution in [0.1, 0.15) is 6.92 Å². The minimum Gasteiger partial charge on any atom is -0.305 e. The van der Waals surface area contributed by atoms with E-state index in [4.69, 9.17) is 0 Å². The number of hydrogen-bond donors (Lipinski definition) is 1. The zero-order valence-electron chi connectivity index (χ0n) is 3.86. The van der Waals surface area contributed by atoms with Crippen LogP contribution in [0.15, 0.2) is 11.6 Å². The highest BCUT2D eigenvalue weighted by Gasteiger charge is 1.93. The summed E-state index contributed by atoms with van der Waals surface area (Å²) in [5.41, 5.74) is 1.41. The van der Waals surface area contributed by atoms with Crippen molar-refractivity contribution in [1.82, 2.24) is 5.32 Å². The maximum absolute atomic E-state index is 3.05. The van der Waals surface area contributed by atoms with Gasteiger partial charge in [-0.25, -0.2) is 0 Å². The molecule has 1 nitrogen and oxygen atoms in total. The monoisotopic (exact) mass is 82.1 g/mol. The summed E-state index contributed by atoms with van der Waals surface area (Å²) in [7, 11) is 0. The van der Waals surface area contributed by atoms with E-state index >= 15 is 0 Å². The Kier molecular flexibility index (Phi) is 0.926. The van der Waals surface area contributed by atoms with Crippen molar-refractivity contribution in [1.29, 1.82) is 0 Å². The topological polar surface area (TPSA) is 12.0 Å². The molecule has 0 saturated heterocycles. The lowest BCUT2D eigenvalue weighted by Gasteiger charge is -1.83. The molecule has 0 aromatic carbocycles. The van der Waals surface area contributed by atoms with E-state index in [0.29, 0.717) is 0 Å². The van der Waals surface area contributed by atoms with Crippen molar-refractivity contribution in [2.24, 2.45) is 0 Å². The molecule has 0 atom stereocenters. The first-order valence-corrected chi connectivity index (χ1v) is 2.12. The predicted octanol–water partition coefficient (Wildman–Crippen LogP) is 0.698. The Labute approximate surface area is 38.1 Å². The third-order valence-corrected chi connectivity index (χ3v) is 0.867. The molecule has 1 radical (unpaired) electrons. The maximum Gasteiger partial charge on any atom is 0.0447 e. The van der Waals surface area contributed by atoms with E-state index in [1.165, 1.54) is 5.57 Å². The second-order valence-corrected chi connectivity index (χ2v) is 1.56. The van der Waals surface area contributed by atoms with Crippen molar-refractivity contribution >= 4 is 0 Å². The van der Waals surface area contributed by atoms with Crippen molar-refractivity contribution in [3.05, 3.63) is 18.2 Å². The Morgan fingerprint density at radius 1 is 1.83 bits per heavy atom. The summed E-state index contributed by atoms with van der Waals surface area (Å²) in [5.74, 6) is 0. The average Bonchev–Trinajstić information content (AvgIpc) is 1.86. The third kappa shape index (κ3) is 0.601. The smallest absolute Gasteiger partial charge is 0.0447 e. The van der Waals surface area contributed by atoms with Gasteiger partial charge in [0.1, 0.15) is 0 Å². The summed E-state index contributed by atoms with van der Waals surface area (Å²) in [4.78, 5) is 0. The second-order valence-electron chi connectivity index (χ2n) is 1.56. The lowest BCUT2D eigenvalue weighted by molar-refractivity contribution is 0.948. The first kappa shape index (κ1) is 3.88. The zero-order chi connectivity index (χ0) is 4.41. The van der Waals surface area contributed by atoms with Crippen molar-refractivity contribution in [2.75, 3.05) is 6.54 Å². The largest absolute Gasteiger partial charge is 0.305 e. The molecule has 0 fully saturated rings. The van der Waals surface area contributed by atoms with Crippen molar-refractivity contribution in [3.8, 4) is 0 Å². The Bertz CT molecular complexity index is 74.0. The number of hydrogen-bond acceptors (Lipinski definition) is 1. The molecule has 0 bridgehead atoms. The molecule has 1 N–H and O–H groups in total. The van der Waals surface area contributed by atoms with E-state index in [0.717, 1.165) is 6.54 Å². The van der Waals surface area contributed by atoms with Gasteiger partial charge in [-0.1, -0.05) is 11.6 Å². The highest BCUT2D eigenvalue weighted by Crippen LogP contribution is 1.96. The van der Waals surface area contributed by atoms with E-state index in [9.17, 15) is 0 Å². The third-order valence-electron chi connectivity index (χ3n) is 0.867. The Balaban J connectivity index is 2.45. The summed E-state index contributed by atoms with van der Waals surface area (Å²) in [5, 5.41) is 3.05. The molecule has 0 spiro atoms. The molecular weight excluding hydrogens is 74.1 g/mol. The standard InChI is InChI=1S/C5H8N/c1-5-2-3-6-4-5/h2-3,6H,4H2,1H3. The molecule has 1 aliphatic rings. The molecular formula is C5H8N. The molecule has 6 heavy (non-hydrogen) atoms. The molecule has 1 rings (SSSR count). The van der Waals surface area contributed by atoms with Gasteiger partial charge in [-0.15, -0.1) is 0 Å². The molecule has 1 aliphatic heterocycles. The Hall–Kier alpha value is -0.300. The van der Waals surface area contributed by atoms with Gasteiger partial charge in [0, 0.05) is 13.1 Å². The fraction of sp³-hybridized carbons (Fsp3) is 0.400. The Morgan fingerprint density at radius 3 is 2.83 bits per heavy atom. The number of nitrogens with one attached hydrogen (secondary N) is 1. The second kappa shape index (κ2) is 1.43. The summed E-state index contributed by atoms with van der Waals surface area (Å²) in [6.07, 6.45) is 2.08. The van der Waals surface area contributed by atoms with Crippen LogP contribution in [0, 0.1) is 6.54 Å². The van der Waals surface area contributed by atoms with E-state index in [2.05, 4.69) is 18.3 Å². The molecule has 0 unspecified atom stereocenters. The normalized spacial score (nSPS) is 21.2. The average molecular weight is 82.1 g/mol. The maximum atomic E-state index is 3.05. The van der Waals surface area contributed by atoms with Crippen LogP contribution in [-0.2, 0) is 0 Å². The summed E-state index contributed by atoms with van der Waals surface area (Å²) in [6.45, 7) is 5.12. The Morgan fingerprint density at radius 2 is 2.67 bits per heavy atom. The van der Waals surface area contributed by atoms with Gasteiger partial charge in [-0.3, -0.25) is 0 Å². The van der Waals surface area contributed by atoms with Gasteiger partial charge in [0.2, 0.25) is 0 Å². The van der Waals surface area contributed by atoms with Crippen LogP contribution in [0.5, 0.6) is 0 Å². The van der Waals surface area contributed by atoms with Crippen LogP contribution in [0.25, 0.3) is 0 Å². The van der Waals surface area contributed by atoms with Gasteiger partial charge in [-0.05, 0) is 6.92 Å². The molecule has 0 saturated carbocycles. The first-order chi connectivity index (χ1) is 2.89. The summed E-state index contributed by atoms with van der Waals surface area (Å²) < 4.78 is 0. The highest BCUT2D eigenvalue weighted by molar-refractivity contribution is 5.13. The van der Waals surface area contributed by atoms with Crippen LogP contribution in [0.3, 0.4) is 0 Å². The minimum absolute atomic E-state index is 1.04. The van der Waals surface area contributed by atoms with Gasteiger partial charge < -0.3 is 5.32 Å².